The molecule has 1 aliphatic heterocycles. The standard InChI is InChI=1S/C22H21FN2O4S/c1-3-14(2)29-18-9-7-15(8-10-18)11-19-21(27)25(22(28)30-19)13-20(26)24-17-6-4-5-16(23)12-17/h4-12,14H,3,13H2,1-2H3,(H,24,26)/b19-11+/t14-/m0/s1. The molecule has 0 radical (unpaired) electrons. The van der Waals surface area contributed by atoms with Crippen LogP contribution in [0.15, 0.2) is 53.4 Å². The minimum Gasteiger partial charge on any atom is -0.491 e. The lowest BCUT2D eigenvalue weighted by Crippen LogP contribution is -2.36. The molecule has 0 spiro atoms. The predicted octanol–water partition coefficient (Wildman–Crippen LogP) is 4.68. The monoisotopic (exact) mass is 428 g/mol. The molecular weight excluding hydrogens is 407 g/mol. The second-order valence-electron chi connectivity index (χ2n) is 6.73. The summed E-state index contributed by atoms with van der Waals surface area (Å²) in [6.45, 7) is 3.57. The average Bonchev–Trinajstić information content (AvgIpc) is 2.96. The number of hydrogen-bond acceptors (Lipinski definition) is 5. The average molecular weight is 428 g/mol. The first-order chi connectivity index (χ1) is 14.4. The number of thioether (sulfide) groups is 1. The van der Waals surface area contributed by atoms with Crippen molar-refractivity contribution in [3.05, 3.63) is 64.8 Å². The molecule has 156 valence electrons. The molecule has 0 aliphatic carbocycles. The Morgan fingerprint density at radius 1 is 1.23 bits per heavy atom. The lowest BCUT2D eigenvalue weighted by atomic mass is 10.2. The molecule has 3 amide bonds. The van der Waals surface area contributed by atoms with Crippen LogP contribution in [0.25, 0.3) is 6.08 Å². The number of ether oxygens (including phenoxy) is 1. The van der Waals surface area contributed by atoms with E-state index in [-0.39, 0.29) is 16.7 Å². The van der Waals surface area contributed by atoms with Crippen LogP contribution in [0.3, 0.4) is 0 Å². The third kappa shape index (κ3) is 5.48. The minimum absolute atomic E-state index is 0.103. The van der Waals surface area contributed by atoms with Crippen molar-refractivity contribution >= 4 is 40.6 Å². The van der Waals surface area contributed by atoms with Crippen LogP contribution in [-0.4, -0.2) is 34.6 Å². The molecule has 1 N–H and O–H groups in total. The zero-order chi connectivity index (χ0) is 21.7. The molecule has 30 heavy (non-hydrogen) atoms. The number of hydrogen-bond donors (Lipinski definition) is 1. The number of nitrogens with zero attached hydrogens (tertiary/aromatic N) is 1. The molecular formula is C22H21FN2O4S. The van der Waals surface area contributed by atoms with Crippen molar-refractivity contribution in [1.29, 1.82) is 0 Å². The highest BCUT2D eigenvalue weighted by Crippen LogP contribution is 2.32. The third-order valence-electron chi connectivity index (χ3n) is 4.37. The number of halogens is 1. The van der Waals surface area contributed by atoms with Crippen LogP contribution in [0.1, 0.15) is 25.8 Å². The van der Waals surface area contributed by atoms with Gasteiger partial charge in [0.1, 0.15) is 18.1 Å². The van der Waals surface area contributed by atoms with Gasteiger partial charge < -0.3 is 10.1 Å². The number of imide groups is 1. The number of amides is 3. The highest BCUT2D eigenvalue weighted by molar-refractivity contribution is 8.18. The van der Waals surface area contributed by atoms with Crippen molar-refractivity contribution in [1.82, 2.24) is 4.90 Å². The molecule has 6 nitrogen and oxygen atoms in total. The summed E-state index contributed by atoms with van der Waals surface area (Å²) < 4.78 is 18.9. The van der Waals surface area contributed by atoms with Gasteiger partial charge in [-0.15, -0.1) is 0 Å². The minimum atomic E-state index is -0.587. The largest absolute Gasteiger partial charge is 0.491 e. The summed E-state index contributed by atoms with van der Waals surface area (Å²) in [5.41, 5.74) is 0.989. The van der Waals surface area contributed by atoms with Crippen molar-refractivity contribution in [2.75, 3.05) is 11.9 Å². The highest BCUT2D eigenvalue weighted by atomic mass is 32.2. The molecule has 2 aromatic carbocycles. The van der Waals surface area contributed by atoms with Crippen LogP contribution >= 0.6 is 11.8 Å². The van der Waals surface area contributed by atoms with E-state index in [0.717, 1.165) is 40.5 Å². The van der Waals surface area contributed by atoms with Gasteiger partial charge in [-0.1, -0.05) is 25.1 Å². The van der Waals surface area contributed by atoms with Crippen LogP contribution < -0.4 is 10.1 Å². The maximum atomic E-state index is 13.2. The van der Waals surface area contributed by atoms with Gasteiger partial charge in [-0.3, -0.25) is 19.3 Å². The Kier molecular flexibility index (Phi) is 6.89. The molecule has 1 heterocycles. The number of rotatable bonds is 7. The Balaban J connectivity index is 1.64. The maximum absolute atomic E-state index is 13.2. The van der Waals surface area contributed by atoms with Crippen molar-refractivity contribution in [2.45, 2.75) is 26.4 Å². The van der Waals surface area contributed by atoms with Gasteiger partial charge in [0, 0.05) is 5.69 Å². The molecule has 8 heteroatoms. The number of benzene rings is 2. The quantitative estimate of drug-likeness (QED) is 0.648. The second-order valence-corrected chi connectivity index (χ2v) is 7.73. The number of anilines is 1. The lowest BCUT2D eigenvalue weighted by Gasteiger charge is -2.12. The number of nitrogens with one attached hydrogen (secondary N) is 1. The van der Waals surface area contributed by atoms with Crippen LogP contribution in [0.4, 0.5) is 14.9 Å². The van der Waals surface area contributed by atoms with E-state index in [4.69, 9.17) is 4.74 Å². The molecule has 0 unspecified atom stereocenters. The first kappa shape index (κ1) is 21.6. The summed E-state index contributed by atoms with van der Waals surface area (Å²) in [6, 6.07) is 12.6. The fraction of sp³-hybridized carbons (Fsp3) is 0.227. The zero-order valence-electron chi connectivity index (χ0n) is 16.6. The van der Waals surface area contributed by atoms with Gasteiger partial charge in [-0.05, 0) is 67.1 Å². The number of carbonyl (C=O) groups is 3. The molecule has 2 aromatic rings. The summed E-state index contributed by atoms with van der Waals surface area (Å²) in [7, 11) is 0. The normalized spacial score (nSPS) is 16.1. The third-order valence-corrected chi connectivity index (χ3v) is 5.28. The summed E-state index contributed by atoms with van der Waals surface area (Å²) in [5.74, 6) is -0.902. The molecule has 0 saturated carbocycles. The van der Waals surface area contributed by atoms with Gasteiger partial charge in [0.25, 0.3) is 11.1 Å². The molecule has 1 saturated heterocycles. The van der Waals surface area contributed by atoms with Gasteiger partial charge in [-0.2, -0.15) is 0 Å². The summed E-state index contributed by atoms with van der Waals surface area (Å²) in [4.78, 5) is 38.0. The molecule has 1 aliphatic rings. The van der Waals surface area contributed by atoms with Gasteiger partial charge in [0.2, 0.25) is 5.91 Å². The fourth-order valence-electron chi connectivity index (χ4n) is 2.66. The van der Waals surface area contributed by atoms with Crippen LogP contribution in [0.5, 0.6) is 5.75 Å². The van der Waals surface area contributed by atoms with E-state index in [0.29, 0.717) is 0 Å². The van der Waals surface area contributed by atoms with Crippen molar-refractivity contribution in [3.8, 4) is 5.75 Å². The predicted molar refractivity (Wildman–Crippen MR) is 115 cm³/mol. The first-order valence-electron chi connectivity index (χ1n) is 9.43. The van der Waals surface area contributed by atoms with Gasteiger partial charge in [-0.25, -0.2) is 4.39 Å². The Morgan fingerprint density at radius 3 is 2.63 bits per heavy atom. The van der Waals surface area contributed by atoms with E-state index in [9.17, 15) is 18.8 Å². The van der Waals surface area contributed by atoms with E-state index in [1.165, 1.54) is 18.2 Å². The fourth-order valence-corrected chi connectivity index (χ4v) is 3.49. The molecule has 0 bridgehead atoms. The van der Waals surface area contributed by atoms with E-state index in [1.807, 2.05) is 13.8 Å². The Labute approximate surface area is 178 Å². The maximum Gasteiger partial charge on any atom is 0.294 e. The SMILES string of the molecule is CC[C@H](C)Oc1ccc(/C=C2/SC(=O)N(CC(=O)Nc3cccc(F)c3)C2=O)cc1. The van der Waals surface area contributed by atoms with Crippen molar-refractivity contribution in [2.24, 2.45) is 0 Å². The molecule has 0 aromatic heterocycles. The van der Waals surface area contributed by atoms with E-state index >= 15 is 0 Å². The van der Waals surface area contributed by atoms with Gasteiger partial charge in [0.15, 0.2) is 0 Å². The van der Waals surface area contributed by atoms with Gasteiger partial charge >= 0.3 is 0 Å². The van der Waals surface area contributed by atoms with E-state index in [1.54, 1.807) is 30.3 Å². The summed E-state index contributed by atoms with van der Waals surface area (Å²) in [5, 5.41) is 1.94. The Hall–Kier alpha value is -3.13. The molecule has 1 atom stereocenters. The lowest BCUT2D eigenvalue weighted by molar-refractivity contribution is -0.127. The van der Waals surface area contributed by atoms with Gasteiger partial charge in [0.05, 0.1) is 11.0 Å². The van der Waals surface area contributed by atoms with Crippen LogP contribution in [0.2, 0.25) is 0 Å². The van der Waals surface area contributed by atoms with Crippen LogP contribution in [-0.2, 0) is 9.59 Å². The smallest absolute Gasteiger partial charge is 0.294 e. The van der Waals surface area contributed by atoms with E-state index < -0.39 is 29.4 Å². The van der Waals surface area contributed by atoms with E-state index in [2.05, 4.69) is 5.32 Å². The summed E-state index contributed by atoms with van der Waals surface area (Å²) >= 11 is 0.773. The summed E-state index contributed by atoms with van der Waals surface area (Å²) in [6.07, 6.45) is 2.59. The highest BCUT2D eigenvalue weighted by Gasteiger charge is 2.36. The number of carbonyl (C=O) groups excluding carboxylic acids is 3. The topological polar surface area (TPSA) is 75.7 Å². The van der Waals surface area contributed by atoms with Crippen LogP contribution in [0, 0.1) is 5.82 Å². The first-order valence-corrected chi connectivity index (χ1v) is 10.2. The van der Waals surface area contributed by atoms with Crippen molar-refractivity contribution < 1.29 is 23.5 Å². The molecule has 3 rings (SSSR count). The zero-order valence-corrected chi connectivity index (χ0v) is 17.4. The Bertz CT molecular complexity index is 991. The molecule has 1 fully saturated rings. The van der Waals surface area contributed by atoms with Crippen molar-refractivity contribution in [3.63, 3.8) is 0 Å². The second kappa shape index (κ2) is 9.58. The Morgan fingerprint density at radius 2 is 1.97 bits per heavy atom.